The molecular weight excluding hydrogens is 225 g/mol. The number of rotatable bonds is 0. The van der Waals surface area contributed by atoms with Crippen LogP contribution in [0.2, 0.25) is 0 Å². The van der Waals surface area contributed by atoms with E-state index < -0.39 is 27.7 Å². The lowest BCUT2D eigenvalue weighted by Gasteiger charge is -1.99. The molecule has 0 unspecified atom stereocenters. The van der Waals surface area contributed by atoms with Crippen molar-refractivity contribution in [2.75, 3.05) is 0 Å². The summed E-state index contributed by atoms with van der Waals surface area (Å²) < 4.78 is 36.5. The maximum Gasteiger partial charge on any atom is 0.195 e. The van der Waals surface area contributed by atoms with Crippen molar-refractivity contribution < 1.29 is 18.3 Å². The molecule has 0 radical (unpaired) electrons. The van der Waals surface area contributed by atoms with E-state index in [-0.39, 0.29) is 0 Å². The Bertz CT molecular complexity index is 274. The van der Waals surface area contributed by atoms with Gasteiger partial charge in [-0.15, -0.1) is 0 Å². The molecule has 0 saturated carbocycles. The van der Waals surface area contributed by atoms with E-state index in [0.29, 0.717) is 6.07 Å². The van der Waals surface area contributed by atoms with Crippen LogP contribution in [0.4, 0.5) is 13.2 Å². The fraction of sp³-hybridized carbons (Fsp3) is 0. The van der Waals surface area contributed by atoms with E-state index in [1.165, 1.54) is 0 Å². The first-order valence-corrected chi connectivity index (χ1v) is 3.35. The molecule has 1 N–H and O–H groups in total. The topological polar surface area (TPSA) is 20.2 Å². The number of halogens is 4. The summed E-state index contributed by atoms with van der Waals surface area (Å²) in [4.78, 5) is 0. The Hall–Kier alpha value is -0.710. The van der Waals surface area contributed by atoms with Gasteiger partial charge in [0.15, 0.2) is 17.5 Å². The zero-order valence-electron chi connectivity index (χ0n) is 5.04. The van der Waals surface area contributed by atoms with Gasteiger partial charge in [0, 0.05) is 6.07 Å². The van der Waals surface area contributed by atoms with E-state index in [1.807, 2.05) is 0 Å². The summed E-state index contributed by atoms with van der Waals surface area (Å²) in [5.74, 6) is -5.11. The van der Waals surface area contributed by atoms with Crippen molar-refractivity contribution in [3.05, 3.63) is 28.0 Å². The van der Waals surface area contributed by atoms with E-state index in [0.717, 1.165) is 0 Å². The highest BCUT2D eigenvalue weighted by atomic mass is 79.9. The average molecular weight is 227 g/mol. The third kappa shape index (κ3) is 1.33. The summed E-state index contributed by atoms with van der Waals surface area (Å²) in [6.45, 7) is 0. The van der Waals surface area contributed by atoms with Crippen LogP contribution < -0.4 is 0 Å². The highest BCUT2D eigenvalue weighted by molar-refractivity contribution is 9.10. The Kier molecular flexibility index (Phi) is 2.08. The van der Waals surface area contributed by atoms with Gasteiger partial charge in [-0.05, 0) is 15.9 Å². The predicted octanol–water partition coefficient (Wildman–Crippen LogP) is 2.57. The van der Waals surface area contributed by atoms with Gasteiger partial charge in [-0.25, -0.2) is 13.2 Å². The number of hydrogen-bond donors (Lipinski definition) is 1. The molecule has 0 atom stereocenters. The van der Waals surface area contributed by atoms with E-state index in [1.54, 1.807) is 0 Å². The molecule has 0 aromatic heterocycles. The molecule has 0 amide bonds. The third-order valence-electron chi connectivity index (χ3n) is 1.08. The fourth-order valence-corrected chi connectivity index (χ4v) is 0.849. The van der Waals surface area contributed by atoms with Crippen LogP contribution in [-0.4, -0.2) is 5.11 Å². The summed E-state index contributed by atoms with van der Waals surface area (Å²) in [6.07, 6.45) is 0. The molecule has 1 aromatic rings. The first-order valence-electron chi connectivity index (χ1n) is 2.56. The second kappa shape index (κ2) is 2.73. The van der Waals surface area contributed by atoms with Crippen molar-refractivity contribution in [1.82, 2.24) is 0 Å². The molecule has 0 fully saturated rings. The molecule has 1 nitrogen and oxygen atoms in total. The minimum atomic E-state index is -1.60. The van der Waals surface area contributed by atoms with Gasteiger partial charge in [0.1, 0.15) is 5.75 Å². The van der Waals surface area contributed by atoms with Crippen molar-refractivity contribution >= 4 is 15.9 Å². The molecule has 0 aliphatic rings. The van der Waals surface area contributed by atoms with Gasteiger partial charge in [-0.3, -0.25) is 0 Å². The van der Waals surface area contributed by atoms with Crippen LogP contribution >= 0.6 is 15.9 Å². The minimum absolute atomic E-state index is 0.476. The molecule has 1 rings (SSSR count). The monoisotopic (exact) mass is 226 g/mol. The summed E-state index contributed by atoms with van der Waals surface area (Å²) in [7, 11) is 0. The first-order chi connectivity index (χ1) is 5.04. The minimum Gasteiger partial charge on any atom is -0.507 e. The molecule has 0 heterocycles. The van der Waals surface area contributed by atoms with E-state index >= 15 is 0 Å². The Morgan fingerprint density at radius 2 is 1.73 bits per heavy atom. The first kappa shape index (κ1) is 8.39. The number of phenols is 1. The highest BCUT2D eigenvalue weighted by Gasteiger charge is 2.15. The lowest BCUT2D eigenvalue weighted by atomic mass is 10.3. The Morgan fingerprint density at radius 1 is 1.18 bits per heavy atom. The van der Waals surface area contributed by atoms with Crippen molar-refractivity contribution in [2.24, 2.45) is 0 Å². The van der Waals surface area contributed by atoms with E-state index in [4.69, 9.17) is 5.11 Å². The number of phenolic OH excluding ortho intramolecular Hbond substituents is 1. The Morgan fingerprint density at radius 3 is 2.27 bits per heavy atom. The SMILES string of the molecule is Oc1cc(F)c(F)c(F)c1Br. The quantitative estimate of drug-likeness (QED) is 0.533. The molecule has 0 aliphatic heterocycles. The summed E-state index contributed by atoms with van der Waals surface area (Å²) in [5.41, 5.74) is 0. The van der Waals surface area contributed by atoms with Crippen LogP contribution in [0.15, 0.2) is 10.5 Å². The average Bonchev–Trinajstić information content (AvgIpc) is 1.97. The largest absolute Gasteiger partial charge is 0.507 e. The van der Waals surface area contributed by atoms with Gasteiger partial charge in [-0.1, -0.05) is 0 Å². The van der Waals surface area contributed by atoms with E-state index in [2.05, 4.69) is 15.9 Å². The summed E-state index contributed by atoms with van der Waals surface area (Å²) in [5, 5.41) is 8.71. The van der Waals surface area contributed by atoms with Crippen molar-refractivity contribution in [3.8, 4) is 5.75 Å². The maximum atomic E-state index is 12.4. The van der Waals surface area contributed by atoms with Crippen molar-refractivity contribution in [2.45, 2.75) is 0 Å². The van der Waals surface area contributed by atoms with Gasteiger partial charge in [0.2, 0.25) is 0 Å². The predicted molar refractivity (Wildman–Crippen MR) is 35.7 cm³/mol. The fourth-order valence-electron chi connectivity index (χ4n) is 0.560. The van der Waals surface area contributed by atoms with E-state index in [9.17, 15) is 13.2 Å². The van der Waals surface area contributed by atoms with Gasteiger partial charge < -0.3 is 5.11 Å². The smallest absolute Gasteiger partial charge is 0.195 e. The van der Waals surface area contributed by atoms with Crippen LogP contribution in [0.5, 0.6) is 5.75 Å². The van der Waals surface area contributed by atoms with Gasteiger partial charge >= 0.3 is 0 Å². The molecule has 5 heteroatoms. The second-order valence-corrected chi connectivity index (χ2v) is 2.61. The van der Waals surface area contributed by atoms with Crippen molar-refractivity contribution in [3.63, 3.8) is 0 Å². The molecule has 0 saturated heterocycles. The second-order valence-electron chi connectivity index (χ2n) is 1.82. The van der Waals surface area contributed by atoms with Crippen LogP contribution in [0.1, 0.15) is 0 Å². The molecular formula is C6H2BrF3O. The number of hydrogen-bond acceptors (Lipinski definition) is 1. The number of benzene rings is 1. The normalized spacial score (nSPS) is 10.2. The van der Waals surface area contributed by atoms with Crippen LogP contribution in [0.3, 0.4) is 0 Å². The lowest BCUT2D eigenvalue weighted by molar-refractivity contribution is 0.414. The summed E-state index contributed by atoms with van der Waals surface area (Å²) in [6, 6.07) is 0.489. The maximum absolute atomic E-state index is 12.4. The molecule has 0 bridgehead atoms. The standard InChI is InChI=1S/C6H2BrF3O/c7-4-3(11)1-2(8)5(9)6(4)10/h1,11H. The van der Waals surface area contributed by atoms with Crippen LogP contribution in [-0.2, 0) is 0 Å². The van der Waals surface area contributed by atoms with Gasteiger partial charge in [0.25, 0.3) is 0 Å². The van der Waals surface area contributed by atoms with Gasteiger partial charge in [0.05, 0.1) is 4.47 Å². The number of aromatic hydroxyl groups is 1. The summed E-state index contributed by atoms with van der Waals surface area (Å²) >= 11 is 2.53. The molecule has 60 valence electrons. The molecule has 11 heavy (non-hydrogen) atoms. The zero-order chi connectivity index (χ0) is 8.59. The Labute approximate surface area is 68.6 Å². The van der Waals surface area contributed by atoms with Crippen LogP contribution in [0, 0.1) is 17.5 Å². The van der Waals surface area contributed by atoms with Crippen LogP contribution in [0.25, 0.3) is 0 Å². The lowest BCUT2D eigenvalue weighted by Crippen LogP contribution is -1.91. The van der Waals surface area contributed by atoms with Gasteiger partial charge in [-0.2, -0.15) is 0 Å². The molecule has 1 aromatic carbocycles. The third-order valence-corrected chi connectivity index (χ3v) is 1.84. The Balaban J connectivity index is 3.46. The molecule has 0 aliphatic carbocycles. The zero-order valence-corrected chi connectivity index (χ0v) is 6.62. The molecule has 0 spiro atoms. The van der Waals surface area contributed by atoms with Crippen molar-refractivity contribution in [1.29, 1.82) is 0 Å². The highest BCUT2D eigenvalue weighted by Crippen LogP contribution is 2.29.